The quantitative estimate of drug-likeness (QED) is 0.780. The van der Waals surface area contributed by atoms with Gasteiger partial charge in [0.25, 0.3) is 10.1 Å². The van der Waals surface area contributed by atoms with Gasteiger partial charge in [-0.1, -0.05) is 23.7 Å². The number of benzene rings is 1. The van der Waals surface area contributed by atoms with Crippen LogP contribution in [0.2, 0.25) is 5.02 Å². The van der Waals surface area contributed by atoms with E-state index in [1.54, 1.807) is 12.1 Å². The second-order valence-electron chi connectivity index (χ2n) is 2.92. The van der Waals surface area contributed by atoms with E-state index < -0.39 is 10.1 Å². The maximum atomic E-state index is 11.0. The monoisotopic (exact) mass is 243 g/mol. The van der Waals surface area contributed by atoms with Crippen molar-refractivity contribution >= 4 is 32.6 Å². The first kappa shape index (κ1) is 10.4. The highest BCUT2D eigenvalue weighted by atomic mass is 35.5. The molecule has 1 N–H and O–H groups in total. The topological polar surface area (TPSA) is 67.3 Å². The Bertz CT molecular complexity index is 624. The standard InChI is InChI=1S/C9H6ClNO3S/c10-7-4-5-11-9-6(7)2-1-3-8(9)15(12,13)14/h1-5H,(H,12,13,14). The molecule has 2 aromatic rings. The van der Waals surface area contributed by atoms with Crippen LogP contribution in [0.3, 0.4) is 0 Å². The fraction of sp³-hybridized carbons (Fsp3) is 0. The molecule has 15 heavy (non-hydrogen) atoms. The predicted molar refractivity (Wildman–Crippen MR) is 56.6 cm³/mol. The van der Waals surface area contributed by atoms with Crippen molar-refractivity contribution in [2.75, 3.05) is 0 Å². The number of rotatable bonds is 1. The molecule has 78 valence electrons. The average molecular weight is 244 g/mol. The zero-order chi connectivity index (χ0) is 11.1. The van der Waals surface area contributed by atoms with E-state index in [0.717, 1.165) is 0 Å². The molecule has 0 spiro atoms. The van der Waals surface area contributed by atoms with Crippen LogP contribution in [0.5, 0.6) is 0 Å². The van der Waals surface area contributed by atoms with Gasteiger partial charge in [-0.05, 0) is 12.1 Å². The van der Waals surface area contributed by atoms with Crippen LogP contribution in [-0.2, 0) is 10.1 Å². The predicted octanol–water partition coefficient (Wildman–Crippen LogP) is 2.13. The molecule has 1 heterocycles. The number of nitrogens with zero attached hydrogens (tertiary/aromatic N) is 1. The average Bonchev–Trinajstić information content (AvgIpc) is 2.16. The van der Waals surface area contributed by atoms with Crippen molar-refractivity contribution in [2.45, 2.75) is 4.90 Å². The second-order valence-corrected chi connectivity index (χ2v) is 4.72. The van der Waals surface area contributed by atoms with Crippen LogP contribution in [0.15, 0.2) is 35.4 Å². The molecule has 0 unspecified atom stereocenters. The van der Waals surface area contributed by atoms with Crippen LogP contribution in [0.1, 0.15) is 0 Å². The Labute approximate surface area is 91.3 Å². The molecule has 6 heteroatoms. The van der Waals surface area contributed by atoms with E-state index in [2.05, 4.69) is 4.98 Å². The molecule has 0 saturated carbocycles. The summed E-state index contributed by atoms with van der Waals surface area (Å²) in [6, 6.07) is 5.97. The van der Waals surface area contributed by atoms with E-state index in [1.807, 2.05) is 0 Å². The summed E-state index contributed by atoms with van der Waals surface area (Å²) >= 11 is 5.86. The SMILES string of the molecule is O=S(=O)(O)c1cccc2c(Cl)ccnc12. The normalized spacial score (nSPS) is 11.9. The molecular weight excluding hydrogens is 238 g/mol. The third-order valence-corrected chi connectivity index (χ3v) is 3.17. The van der Waals surface area contributed by atoms with Gasteiger partial charge < -0.3 is 0 Å². The van der Waals surface area contributed by atoms with Crippen molar-refractivity contribution in [1.29, 1.82) is 0 Å². The Morgan fingerprint density at radius 2 is 2.00 bits per heavy atom. The molecule has 0 amide bonds. The summed E-state index contributed by atoms with van der Waals surface area (Å²) in [5.74, 6) is 0. The lowest BCUT2D eigenvalue weighted by molar-refractivity contribution is 0.484. The van der Waals surface area contributed by atoms with E-state index in [1.165, 1.54) is 18.3 Å². The van der Waals surface area contributed by atoms with Crippen molar-refractivity contribution in [3.63, 3.8) is 0 Å². The zero-order valence-electron chi connectivity index (χ0n) is 7.38. The first-order valence-electron chi connectivity index (χ1n) is 4.01. The van der Waals surface area contributed by atoms with Crippen molar-refractivity contribution < 1.29 is 13.0 Å². The lowest BCUT2D eigenvalue weighted by Crippen LogP contribution is -1.99. The van der Waals surface area contributed by atoms with Gasteiger partial charge in [-0.15, -0.1) is 0 Å². The molecule has 4 nitrogen and oxygen atoms in total. The van der Waals surface area contributed by atoms with Gasteiger partial charge in [0.05, 0.1) is 10.5 Å². The third kappa shape index (κ3) is 1.81. The zero-order valence-corrected chi connectivity index (χ0v) is 8.96. The molecule has 0 fully saturated rings. The van der Waals surface area contributed by atoms with E-state index in [-0.39, 0.29) is 10.4 Å². The maximum absolute atomic E-state index is 11.0. The number of aromatic nitrogens is 1. The molecule has 0 aliphatic carbocycles. The molecular formula is C9H6ClNO3S. The summed E-state index contributed by atoms with van der Waals surface area (Å²) in [6.07, 6.45) is 1.39. The molecule has 0 atom stereocenters. The summed E-state index contributed by atoms with van der Waals surface area (Å²) in [4.78, 5) is 3.65. The lowest BCUT2D eigenvalue weighted by Gasteiger charge is -2.03. The van der Waals surface area contributed by atoms with Crippen LogP contribution < -0.4 is 0 Å². The van der Waals surface area contributed by atoms with Crippen LogP contribution in [-0.4, -0.2) is 18.0 Å². The Hall–Kier alpha value is -1.17. The summed E-state index contributed by atoms with van der Waals surface area (Å²) in [5, 5.41) is 0.889. The Morgan fingerprint density at radius 3 is 2.67 bits per heavy atom. The smallest absolute Gasteiger partial charge is 0.282 e. The molecule has 1 aromatic carbocycles. The summed E-state index contributed by atoms with van der Waals surface area (Å²) in [5.41, 5.74) is 0.174. The van der Waals surface area contributed by atoms with Crippen molar-refractivity contribution in [3.05, 3.63) is 35.5 Å². The molecule has 0 bridgehead atoms. The van der Waals surface area contributed by atoms with Crippen LogP contribution >= 0.6 is 11.6 Å². The van der Waals surface area contributed by atoms with Crippen molar-refractivity contribution in [2.24, 2.45) is 0 Å². The minimum Gasteiger partial charge on any atom is -0.282 e. The van der Waals surface area contributed by atoms with E-state index in [9.17, 15) is 8.42 Å². The van der Waals surface area contributed by atoms with Gasteiger partial charge in [-0.25, -0.2) is 0 Å². The van der Waals surface area contributed by atoms with Gasteiger partial charge in [-0.2, -0.15) is 8.42 Å². The van der Waals surface area contributed by atoms with Gasteiger partial charge in [0.15, 0.2) is 0 Å². The van der Waals surface area contributed by atoms with Crippen LogP contribution in [0, 0.1) is 0 Å². The van der Waals surface area contributed by atoms with E-state index >= 15 is 0 Å². The van der Waals surface area contributed by atoms with Crippen molar-refractivity contribution in [1.82, 2.24) is 4.98 Å². The first-order valence-corrected chi connectivity index (χ1v) is 5.82. The molecule has 0 aliphatic heterocycles. The molecule has 0 aliphatic rings. The number of hydrogen-bond donors (Lipinski definition) is 1. The number of pyridine rings is 1. The summed E-state index contributed by atoms with van der Waals surface area (Å²) in [7, 11) is -4.27. The highest BCUT2D eigenvalue weighted by Gasteiger charge is 2.15. The molecule has 0 radical (unpaired) electrons. The van der Waals surface area contributed by atoms with Crippen LogP contribution in [0.25, 0.3) is 10.9 Å². The number of fused-ring (bicyclic) bond motifs is 1. The first-order chi connectivity index (χ1) is 7.00. The van der Waals surface area contributed by atoms with Gasteiger partial charge in [0.1, 0.15) is 4.90 Å². The van der Waals surface area contributed by atoms with Gasteiger partial charge >= 0.3 is 0 Å². The third-order valence-electron chi connectivity index (χ3n) is 1.96. The van der Waals surface area contributed by atoms with Gasteiger partial charge in [-0.3, -0.25) is 9.54 Å². The van der Waals surface area contributed by atoms with E-state index in [0.29, 0.717) is 10.4 Å². The molecule has 2 rings (SSSR count). The van der Waals surface area contributed by atoms with E-state index in [4.69, 9.17) is 16.2 Å². The Morgan fingerprint density at radius 1 is 1.27 bits per heavy atom. The minimum absolute atomic E-state index is 0.174. The largest absolute Gasteiger partial charge is 0.296 e. The van der Waals surface area contributed by atoms with Gasteiger partial charge in [0.2, 0.25) is 0 Å². The summed E-state index contributed by atoms with van der Waals surface area (Å²) in [6.45, 7) is 0. The number of hydrogen-bond acceptors (Lipinski definition) is 3. The highest BCUT2D eigenvalue weighted by molar-refractivity contribution is 7.86. The Balaban J connectivity index is 2.96. The fourth-order valence-electron chi connectivity index (χ4n) is 1.32. The Kier molecular flexibility index (Phi) is 2.38. The lowest BCUT2D eigenvalue weighted by atomic mass is 10.2. The van der Waals surface area contributed by atoms with Crippen molar-refractivity contribution in [3.8, 4) is 0 Å². The van der Waals surface area contributed by atoms with Crippen LogP contribution in [0.4, 0.5) is 0 Å². The maximum Gasteiger partial charge on any atom is 0.296 e. The summed E-state index contributed by atoms with van der Waals surface area (Å²) < 4.78 is 31.0. The highest BCUT2D eigenvalue weighted by Crippen LogP contribution is 2.26. The number of halogens is 1. The fourth-order valence-corrected chi connectivity index (χ4v) is 2.19. The van der Waals surface area contributed by atoms with Gasteiger partial charge in [0, 0.05) is 11.6 Å². The number of para-hydroxylation sites is 1. The molecule has 1 aromatic heterocycles. The minimum atomic E-state index is -4.27. The molecule has 0 saturated heterocycles. The second kappa shape index (κ2) is 3.44.